The van der Waals surface area contributed by atoms with Gasteiger partial charge in [-0.1, -0.05) is 18.2 Å². The van der Waals surface area contributed by atoms with Crippen molar-refractivity contribution in [3.05, 3.63) is 59.2 Å². The quantitative estimate of drug-likeness (QED) is 0.422. The lowest BCUT2D eigenvalue weighted by atomic mass is 10.1. The molecule has 0 spiro atoms. The first kappa shape index (κ1) is 17.3. The molecule has 0 radical (unpaired) electrons. The van der Waals surface area contributed by atoms with E-state index in [2.05, 4.69) is 16.4 Å². The number of hydrogen-bond donors (Lipinski definition) is 3. The van der Waals surface area contributed by atoms with Crippen LogP contribution in [0.2, 0.25) is 0 Å². The Morgan fingerprint density at radius 1 is 1.10 bits per heavy atom. The average molecular weight is 397 g/mol. The van der Waals surface area contributed by atoms with Gasteiger partial charge in [0.25, 0.3) is 0 Å². The highest BCUT2D eigenvalue weighted by Crippen LogP contribution is 2.14. The summed E-state index contributed by atoms with van der Waals surface area (Å²) in [7, 11) is 0. The molecule has 0 aliphatic heterocycles. The molecule has 0 bridgehead atoms. The molecule has 0 fully saturated rings. The lowest BCUT2D eigenvalue weighted by Crippen LogP contribution is -2.22. The summed E-state index contributed by atoms with van der Waals surface area (Å²) in [4.78, 5) is 4.28. The van der Waals surface area contributed by atoms with Crippen molar-refractivity contribution in [1.82, 2.24) is 0 Å². The van der Waals surface area contributed by atoms with Gasteiger partial charge in [0.2, 0.25) is 0 Å². The standard InChI is InChI=1S/C16H19N3O.HI/c1-11-7-12(2)9-14(8-11)19-16(17)18-10-13-3-5-15(20)6-4-13;/h3-9,20H,10H2,1-2H3,(H3,17,18,19);1H. The maximum atomic E-state index is 9.21. The second kappa shape index (κ2) is 7.87. The predicted molar refractivity (Wildman–Crippen MR) is 98.4 cm³/mol. The number of phenols is 1. The molecule has 0 atom stereocenters. The molecule has 2 aromatic rings. The number of halogens is 1. The minimum atomic E-state index is 0. The third kappa shape index (κ3) is 5.63. The van der Waals surface area contributed by atoms with E-state index in [1.807, 2.05) is 38.1 Å². The molecule has 0 unspecified atom stereocenters. The van der Waals surface area contributed by atoms with Gasteiger partial charge in [0, 0.05) is 5.69 Å². The van der Waals surface area contributed by atoms with Crippen LogP contribution in [-0.4, -0.2) is 11.1 Å². The van der Waals surface area contributed by atoms with E-state index in [1.54, 1.807) is 12.1 Å². The van der Waals surface area contributed by atoms with E-state index in [1.165, 1.54) is 11.1 Å². The van der Waals surface area contributed by atoms with Crippen LogP contribution in [0.5, 0.6) is 5.75 Å². The number of nitrogens with one attached hydrogen (secondary N) is 1. The van der Waals surface area contributed by atoms with E-state index < -0.39 is 0 Å². The molecule has 0 aliphatic rings. The molecule has 5 heteroatoms. The number of aliphatic imine (C=N–C) groups is 1. The molecule has 0 saturated heterocycles. The van der Waals surface area contributed by atoms with E-state index in [9.17, 15) is 5.11 Å². The Balaban J connectivity index is 0.00000220. The van der Waals surface area contributed by atoms with Crippen molar-refractivity contribution in [2.75, 3.05) is 5.32 Å². The van der Waals surface area contributed by atoms with Crippen molar-refractivity contribution in [1.29, 1.82) is 0 Å². The van der Waals surface area contributed by atoms with Crippen LogP contribution in [0.4, 0.5) is 5.69 Å². The Labute approximate surface area is 142 Å². The second-order valence-electron chi connectivity index (χ2n) is 4.87. The number of rotatable bonds is 3. The van der Waals surface area contributed by atoms with E-state index in [-0.39, 0.29) is 29.7 Å². The Kier molecular flexibility index (Phi) is 6.48. The maximum absolute atomic E-state index is 9.21. The molecule has 0 aliphatic carbocycles. The zero-order valence-electron chi connectivity index (χ0n) is 12.1. The number of benzene rings is 2. The fraction of sp³-hybridized carbons (Fsp3) is 0.188. The summed E-state index contributed by atoms with van der Waals surface area (Å²) in [6, 6.07) is 13.1. The highest BCUT2D eigenvalue weighted by Gasteiger charge is 1.98. The zero-order chi connectivity index (χ0) is 14.5. The summed E-state index contributed by atoms with van der Waals surface area (Å²) in [6.45, 7) is 4.56. The van der Waals surface area contributed by atoms with E-state index in [0.29, 0.717) is 12.5 Å². The smallest absolute Gasteiger partial charge is 0.193 e. The Morgan fingerprint density at radius 3 is 2.24 bits per heavy atom. The zero-order valence-corrected chi connectivity index (χ0v) is 14.5. The number of aromatic hydroxyl groups is 1. The van der Waals surface area contributed by atoms with E-state index in [0.717, 1.165) is 11.3 Å². The van der Waals surface area contributed by atoms with Crippen LogP contribution in [0.3, 0.4) is 0 Å². The van der Waals surface area contributed by atoms with Gasteiger partial charge in [-0.05, 0) is 54.8 Å². The Morgan fingerprint density at radius 2 is 1.67 bits per heavy atom. The number of hydrogen-bond acceptors (Lipinski definition) is 2. The van der Waals surface area contributed by atoms with Crippen LogP contribution < -0.4 is 11.1 Å². The summed E-state index contributed by atoms with van der Waals surface area (Å²) >= 11 is 0. The summed E-state index contributed by atoms with van der Waals surface area (Å²) in [5, 5.41) is 12.3. The largest absolute Gasteiger partial charge is 0.508 e. The van der Waals surface area contributed by atoms with Gasteiger partial charge >= 0.3 is 0 Å². The van der Waals surface area contributed by atoms with Crippen LogP contribution in [0.1, 0.15) is 16.7 Å². The number of phenolic OH excluding ortho intramolecular Hbond substituents is 1. The molecular weight excluding hydrogens is 377 g/mol. The van der Waals surface area contributed by atoms with Crippen molar-refractivity contribution < 1.29 is 5.11 Å². The molecule has 21 heavy (non-hydrogen) atoms. The number of guanidine groups is 1. The van der Waals surface area contributed by atoms with Crippen LogP contribution >= 0.6 is 24.0 Å². The van der Waals surface area contributed by atoms with Gasteiger partial charge in [-0.2, -0.15) is 0 Å². The fourth-order valence-electron chi connectivity index (χ4n) is 2.01. The molecule has 112 valence electrons. The van der Waals surface area contributed by atoms with Crippen molar-refractivity contribution in [2.45, 2.75) is 20.4 Å². The van der Waals surface area contributed by atoms with Crippen molar-refractivity contribution >= 4 is 35.6 Å². The number of nitrogens with two attached hydrogens (primary N) is 1. The van der Waals surface area contributed by atoms with Gasteiger partial charge in [-0.3, -0.25) is 0 Å². The highest BCUT2D eigenvalue weighted by molar-refractivity contribution is 14.0. The predicted octanol–water partition coefficient (Wildman–Crippen LogP) is 3.55. The van der Waals surface area contributed by atoms with Gasteiger partial charge in [0.05, 0.1) is 6.54 Å². The van der Waals surface area contributed by atoms with E-state index >= 15 is 0 Å². The number of anilines is 1. The van der Waals surface area contributed by atoms with Crippen LogP contribution in [0, 0.1) is 13.8 Å². The first-order valence-electron chi connectivity index (χ1n) is 6.46. The van der Waals surface area contributed by atoms with Crippen LogP contribution in [0.15, 0.2) is 47.5 Å². The Bertz CT molecular complexity index is 604. The molecule has 4 nitrogen and oxygen atoms in total. The monoisotopic (exact) mass is 397 g/mol. The minimum absolute atomic E-state index is 0. The molecule has 0 aromatic heterocycles. The number of aryl methyl sites for hydroxylation is 2. The molecule has 0 heterocycles. The lowest BCUT2D eigenvalue weighted by molar-refractivity contribution is 0.475. The molecule has 4 N–H and O–H groups in total. The summed E-state index contributed by atoms with van der Waals surface area (Å²) in [6.07, 6.45) is 0. The van der Waals surface area contributed by atoms with E-state index in [4.69, 9.17) is 5.73 Å². The lowest BCUT2D eigenvalue weighted by Gasteiger charge is -2.08. The molecule has 0 saturated carbocycles. The molecular formula is C16H20IN3O. The van der Waals surface area contributed by atoms with Crippen LogP contribution in [-0.2, 0) is 6.54 Å². The third-order valence-electron chi connectivity index (χ3n) is 2.86. The van der Waals surface area contributed by atoms with Gasteiger partial charge < -0.3 is 16.2 Å². The minimum Gasteiger partial charge on any atom is -0.508 e. The Hall–Kier alpha value is -1.76. The van der Waals surface area contributed by atoms with Crippen molar-refractivity contribution in [3.63, 3.8) is 0 Å². The van der Waals surface area contributed by atoms with Gasteiger partial charge in [0.1, 0.15) is 5.75 Å². The van der Waals surface area contributed by atoms with Crippen molar-refractivity contribution in [2.24, 2.45) is 10.7 Å². The van der Waals surface area contributed by atoms with Gasteiger partial charge in [0.15, 0.2) is 5.96 Å². The summed E-state index contributed by atoms with van der Waals surface area (Å²) < 4.78 is 0. The molecule has 2 aromatic carbocycles. The molecule has 2 rings (SSSR count). The average Bonchev–Trinajstić information content (AvgIpc) is 2.37. The molecule has 0 amide bonds. The van der Waals surface area contributed by atoms with Crippen molar-refractivity contribution in [3.8, 4) is 5.75 Å². The second-order valence-corrected chi connectivity index (χ2v) is 4.87. The van der Waals surface area contributed by atoms with Gasteiger partial charge in [-0.15, -0.1) is 24.0 Å². The normalized spacial score (nSPS) is 10.9. The maximum Gasteiger partial charge on any atom is 0.193 e. The number of nitrogens with zero attached hydrogens (tertiary/aromatic N) is 1. The van der Waals surface area contributed by atoms with Gasteiger partial charge in [-0.25, -0.2) is 4.99 Å². The third-order valence-corrected chi connectivity index (χ3v) is 2.86. The summed E-state index contributed by atoms with van der Waals surface area (Å²) in [5.74, 6) is 0.627. The highest BCUT2D eigenvalue weighted by atomic mass is 127. The van der Waals surface area contributed by atoms with Crippen LogP contribution in [0.25, 0.3) is 0 Å². The SMILES string of the molecule is Cc1cc(C)cc(NC(N)=NCc2ccc(O)cc2)c1.I. The first-order valence-corrected chi connectivity index (χ1v) is 6.46. The fourth-order valence-corrected chi connectivity index (χ4v) is 2.01. The topological polar surface area (TPSA) is 70.6 Å². The first-order chi connectivity index (χ1) is 9.52. The summed E-state index contributed by atoms with van der Waals surface area (Å²) in [5.41, 5.74) is 10.2.